The first-order valence-corrected chi connectivity index (χ1v) is 13.1. The fourth-order valence-corrected chi connectivity index (χ4v) is 9.05. The van der Waals surface area contributed by atoms with E-state index in [-0.39, 0.29) is 17.4 Å². The summed E-state index contributed by atoms with van der Waals surface area (Å²) < 4.78 is 0. The molecule has 3 fully saturated rings. The molecule has 0 unspecified atom stereocenters. The Labute approximate surface area is 193 Å². The molecule has 5 aliphatic rings. The molecule has 32 heavy (non-hydrogen) atoms. The minimum Gasteiger partial charge on any atom is -0.393 e. The van der Waals surface area contributed by atoms with Gasteiger partial charge in [-0.15, -0.1) is 0 Å². The molecule has 3 saturated carbocycles. The summed E-state index contributed by atoms with van der Waals surface area (Å²) in [5.74, 6) is 2.12. The van der Waals surface area contributed by atoms with Crippen LogP contribution in [0.2, 0.25) is 0 Å². The maximum absolute atomic E-state index is 12.3. The summed E-state index contributed by atoms with van der Waals surface area (Å²) in [6.45, 7) is 11.0. The molecule has 0 radical (unpaired) electrons. The van der Waals surface area contributed by atoms with Gasteiger partial charge in [0.25, 0.3) is 0 Å². The van der Waals surface area contributed by atoms with Crippen LogP contribution in [0.4, 0.5) is 0 Å². The van der Waals surface area contributed by atoms with Gasteiger partial charge in [0.05, 0.1) is 23.4 Å². The van der Waals surface area contributed by atoms with Crippen molar-refractivity contribution in [3.63, 3.8) is 0 Å². The molecule has 1 spiro atoms. The van der Waals surface area contributed by atoms with Crippen molar-refractivity contribution >= 4 is 0 Å². The zero-order valence-electron chi connectivity index (χ0n) is 20.6. The topological polar surface area (TPSA) is 80.9 Å². The van der Waals surface area contributed by atoms with Gasteiger partial charge in [0.1, 0.15) is 0 Å². The van der Waals surface area contributed by atoms with E-state index >= 15 is 0 Å². The Bertz CT molecular complexity index is 846. The molecule has 4 N–H and O–H groups in total. The molecule has 4 nitrogen and oxygen atoms in total. The third-order valence-corrected chi connectivity index (χ3v) is 11.6. The fraction of sp³-hybridized carbons (Fsp3) is 0.857. The van der Waals surface area contributed by atoms with Crippen molar-refractivity contribution in [2.45, 2.75) is 109 Å². The summed E-state index contributed by atoms with van der Waals surface area (Å²) in [6, 6.07) is 0. The van der Waals surface area contributed by atoms with Crippen LogP contribution in [0.15, 0.2) is 23.3 Å². The molecule has 0 aliphatic heterocycles. The van der Waals surface area contributed by atoms with Crippen LogP contribution in [0, 0.1) is 40.4 Å². The zero-order chi connectivity index (χ0) is 23.3. The first kappa shape index (κ1) is 23.1. The number of aliphatic hydroxyl groups is 4. The second kappa shape index (κ2) is 7.16. The molecular weight excluding hydrogens is 400 g/mol. The van der Waals surface area contributed by atoms with Gasteiger partial charge in [-0.2, -0.15) is 0 Å². The van der Waals surface area contributed by atoms with Crippen LogP contribution in [-0.4, -0.2) is 43.8 Å². The third kappa shape index (κ3) is 2.70. The highest BCUT2D eigenvalue weighted by Gasteiger charge is 2.68. The predicted octanol–water partition coefficient (Wildman–Crippen LogP) is 4.37. The van der Waals surface area contributed by atoms with Crippen LogP contribution in [0.25, 0.3) is 0 Å². The van der Waals surface area contributed by atoms with E-state index in [9.17, 15) is 20.4 Å². The molecule has 0 heterocycles. The molecule has 0 amide bonds. The molecule has 5 rings (SSSR count). The van der Waals surface area contributed by atoms with E-state index < -0.39 is 22.7 Å². The van der Waals surface area contributed by atoms with Crippen LogP contribution in [0.5, 0.6) is 0 Å². The Morgan fingerprint density at radius 2 is 1.75 bits per heavy atom. The molecule has 180 valence electrons. The van der Waals surface area contributed by atoms with Gasteiger partial charge in [-0.3, -0.25) is 0 Å². The number of aliphatic hydroxyl groups excluding tert-OH is 2. The zero-order valence-corrected chi connectivity index (χ0v) is 20.6. The summed E-state index contributed by atoms with van der Waals surface area (Å²) in [5, 5.41) is 45.4. The normalized spacial score (nSPS) is 51.8. The fourth-order valence-electron chi connectivity index (χ4n) is 9.05. The van der Waals surface area contributed by atoms with Gasteiger partial charge >= 0.3 is 0 Å². The first-order chi connectivity index (χ1) is 14.9. The number of fused-ring (bicyclic) bond motifs is 3. The lowest BCUT2D eigenvalue weighted by atomic mass is 9.47. The van der Waals surface area contributed by atoms with Crippen LogP contribution >= 0.6 is 0 Å². The number of hydrogen-bond donors (Lipinski definition) is 4. The van der Waals surface area contributed by atoms with Crippen molar-refractivity contribution in [2.75, 3.05) is 0 Å². The van der Waals surface area contributed by atoms with E-state index in [0.717, 1.165) is 31.3 Å². The lowest BCUT2D eigenvalue weighted by Gasteiger charge is -2.62. The molecule has 0 aromatic heterocycles. The Morgan fingerprint density at radius 3 is 2.44 bits per heavy atom. The predicted molar refractivity (Wildman–Crippen MR) is 126 cm³/mol. The van der Waals surface area contributed by atoms with Gasteiger partial charge in [0.15, 0.2) is 0 Å². The van der Waals surface area contributed by atoms with Crippen molar-refractivity contribution in [2.24, 2.45) is 40.4 Å². The Balaban J connectivity index is 1.57. The Morgan fingerprint density at radius 1 is 1.03 bits per heavy atom. The van der Waals surface area contributed by atoms with Crippen molar-refractivity contribution in [3.05, 3.63) is 23.3 Å². The lowest BCUT2D eigenvalue weighted by Crippen LogP contribution is -2.66. The van der Waals surface area contributed by atoms with E-state index in [0.29, 0.717) is 49.4 Å². The van der Waals surface area contributed by atoms with Gasteiger partial charge in [0.2, 0.25) is 0 Å². The highest BCUT2D eigenvalue weighted by Crippen LogP contribution is 2.71. The van der Waals surface area contributed by atoms with Gasteiger partial charge in [-0.25, -0.2) is 0 Å². The molecule has 10 atom stereocenters. The van der Waals surface area contributed by atoms with Crippen LogP contribution in [-0.2, 0) is 0 Å². The van der Waals surface area contributed by atoms with E-state index in [4.69, 9.17) is 0 Å². The van der Waals surface area contributed by atoms with Crippen LogP contribution in [0.3, 0.4) is 0 Å². The second-order valence-electron chi connectivity index (χ2n) is 12.9. The maximum Gasteiger partial charge on any atom is 0.0980 e. The summed E-state index contributed by atoms with van der Waals surface area (Å²) in [7, 11) is 0. The molecule has 0 aromatic carbocycles. The molecule has 4 heteroatoms. The van der Waals surface area contributed by atoms with Crippen molar-refractivity contribution in [1.29, 1.82) is 0 Å². The minimum atomic E-state index is -1.17. The molecule has 0 aromatic rings. The summed E-state index contributed by atoms with van der Waals surface area (Å²) in [6.07, 6.45) is 9.48. The largest absolute Gasteiger partial charge is 0.393 e. The Kier molecular flexibility index (Phi) is 5.17. The number of rotatable bonds is 3. The standard InChI is InChI=1S/C28H44O4/c1-16(2)17(3)24(30)20-15-26-12-13-28(32)23(22(26)7-6-21(26)18(20)4)9-11-27(31)14-19(29)8-10-25(27,28)5/h9,11,16-21,24,29-32H,6-8,10,12-15H2,1-5H3/t17-,18+,19-,20-,21-,24-,25+,26+,27+,28+/m1/s1. The van der Waals surface area contributed by atoms with E-state index in [2.05, 4.69) is 27.7 Å². The molecule has 0 bridgehead atoms. The SMILES string of the molecule is CC(C)[C@@H](C)[C@@H](O)[C@@H]1C[C@]23CC[C@]4(O)C(=C2CC[C@@H]3[C@H]1C)C=C[C@]1(O)C[C@H](O)CC[C@@]14C. The summed E-state index contributed by atoms with van der Waals surface area (Å²) >= 11 is 0. The van der Waals surface area contributed by atoms with Gasteiger partial charge in [-0.1, -0.05) is 52.3 Å². The van der Waals surface area contributed by atoms with Crippen LogP contribution in [0.1, 0.15) is 86.0 Å². The maximum atomic E-state index is 12.3. The monoisotopic (exact) mass is 444 g/mol. The highest BCUT2D eigenvalue weighted by molar-refractivity contribution is 5.50. The third-order valence-electron chi connectivity index (χ3n) is 11.6. The summed E-state index contributed by atoms with van der Waals surface area (Å²) in [4.78, 5) is 0. The average molecular weight is 445 g/mol. The molecule has 5 aliphatic carbocycles. The average Bonchev–Trinajstić information content (AvgIpc) is 3.23. The van der Waals surface area contributed by atoms with Gasteiger partial charge in [0, 0.05) is 11.8 Å². The van der Waals surface area contributed by atoms with E-state index in [1.807, 2.05) is 19.1 Å². The van der Waals surface area contributed by atoms with Crippen molar-refractivity contribution < 1.29 is 20.4 Å². The van der Waals surface area contributed by atoms with Crippen molar-refractivity contribution in [1.82, 2.24) is 0 Å². The highest BCUT2D eigenvalue weighted by atomic mass is 16.3. The summed E-state index contributed by atoms with van der Waals surface area (Å²) in [5.41, 5.74) is -0.314. The quantitative estimate of drug-likeness (QED) is 0.521. The van der Waals surface area contributed by atoms with E-state index in [1.165, 1.54) is 5.57 Å². The molecule has 0 saturated heterocycles. The van der Waals surface area contributed by atoms with Gasteiger partial charge in [-0.05, 0) is 85.5 Å². The van der Waals surface area contributed by atoms with Crippen LogP contribution < -0.4 is 0 Å². The first-order valence-electron chi connectivity index (χ1n) is 13.1. The Hall–Kier alpha value is -0.680. The second-order valence-corrected chi connectivity index (χ2v) is 12.9. The number of hydrogen-bond acceptors (Lipinski definition) is 4. The van der Waals surface area contributed by atoms with Gasteiger partial charge < -0.3 is 20.4 Å². The smallest absolute Gasteiger partial charge is 0.0980 e. The number of allylic oxidation sites excluding steroid dienone is 1. The molecular formula is C28H44O4. The van der Waals surface area contributed by atoms with E-state index in [1.54, 1.807) is 0 Å². The minimum absolute atomic E-state index is 0.0909. The van der Waals surface area contributed by atoms with Crippen molar-refractivity contribution in [3.8, 4) is 0 Å². The lowest BCUT2D eigenvalue weighted by molar-refractivity contribution is -0.198.